The molecule has 1 fully saturated rings. The molecule has 0 unspecified atom stereocenters. The minimum Gasteiger partial charge on any atom is -0.399 e. The van der Waals surface area contributed by atoms with Crippen LogP contribution >= 0.6 is 0 Å². The van der Waals surface area contributed by atoms with Gasteiger partial charge in [0.25, 0.3) is 0 Å². The summed E-state index contributed by atoms with van der Waals surface area (Å²) >= 11 is 0. The zero-order chi connectivity index (χ0) is 14.8. The first-order valence-electron chi connectivity index (χ1n) is 6.84. The third-order valence-electron chi connectivity index (χ3n) is 3.34. The summed E-state index contributed by atoms with van der Waals surface area (Å²) in [6.45, 7) is 4.94. The lowest BCUT2D eigenvalue weighted by Gasteiger charge is -2.13. The number of benzene rings is 1. The minimum atomic E-state index is -3.51. The number of hydrogen-bond acceptors (Lipinski definition) is 4. The molecule has 5 nitrogen and oxygen atoms in total. The molecule has 0 spiro atoms. The Hall–Kier alpha value is -1.11. The van der Waals surface area contributed by atoms with Gasteiger partial charge in [-0.3, -0.25) is 0 Å². The molecular formula is C14H22N2O3S. The van der Waals surface area contributed by atoms with E-state index >= 15 is 0 Å². The number of ether oxygens (including phenoxy) is 1. The molecule has 0 amide bonds. The van der Waals surface area contributed by atoms with Gasteiger partial charge in [0.2, 0.25) is 10.0 Å². The van der Waals surface area contributed by atoms with E-state index in [4.69, 9.17) is 10.5 Å². The van der Waals surface area contributed by atoms with E-state index in [0.717, 1.165) is 6.61 Å². The predicted molar refractivity (Wildman–Crippen MR) is 79.1 cm³/mol. The van der Waals surface area contributed by atoms with Gasteiger partial charge in [-0.2, -0.15) is 0 Å². The smallest absolute Gasteiger partial charge is 0.241 e. The Labute approximate surface area is 120 Å². The minimum absolute atomic E-state index is 0.290. The first-order chi connectivity index (χ1) is 9.40. The van der Waals surface area contributed by atoms with Crippen LogP contribution in [0.25, 0.3) is 0 Å². The highest BCUT2D eigenvalue weighted by Gasteiger charge is 2.22. The van der Waals surface area contributed by atoms with Gasteiger partial charge < -0.3 is 10.5 Å². The van der Waals surface area contributed by atoms with Gasteiger partial charge in [0.05, 0.1) is 11.5 Å². The Morgan fingerprint density at radius 3 is 2.45 bits per heavy atom. The van der Waals surface area contributed by atoms with E-state index in [-0.39, 0.29) is 6.54 Å². The molecule has 0 saturated heterocycles. The van der Waals surface area contributed by atoms with Gasteiger partial charge in [-0.15, -0.1) is 0 Å². The second-order valence-corrected chi connectivity index (χ2v) is 7.10. The lowest BCUT2D eigenvalue weighted by molar-refractivity contribution is 0.129. The number of anilines is 1. The van der Waals surface area contributed by atoms with Crippen molar-refractivity contribution >= 4 is 15.7 Å². The van der Waals surface area contributed by atoms with Crippen LogP contribution < -0.4 is 10.5 Å². The number of hydrogen-bond donors (Lipinski definition) is 2. The van der Waals surface area contributed by atoms with Gasteiger partial charge in [-0.25, -0.2) is 13.1 Å². The Kier molecular flexibility index (Phi) is 4.67. The summed E-state index contributed by atoms with van der Waals surface area (Å²) in [6, 6.07) is 3.34. The maximum absolute atomic E-state index is 12.3. The van der Waals surface area contributed by atoms with Crippen molar-refractivity contribution in [2.75, 3.05) is 25.5 Å². The van der Waals surface area contributed by atoms with Crippen molar-refractivity contribution in [3.63, 3.8) is 0 Å². The molecule has 0 radical (unpaired) electrons. The lowest BCUT2D eigenvalue weighted by Crippen LogP contribution is -2.29. The fraction of sp³-hybridized carbons (Fsp3) is 0.571. The zero-order valence-corrected chi connectivity index (χ0v) is 12.8. The van der Waals surface area contributed by atoms with Crippen molar-refractivity contribution in [1.29, 1.82) is 0 Å². The lowest BCUT2D eigenvalue weighted by atomic mass is 10.1. The SMILES string of the molecule is Cc1cc(N)cc(C)c1S(=O)(=O)NCCOCC1CC1. The molecule has 1 aliphatic carbocycles. The summed E-state index contributed by atoms with van der Waals surface area (Å²) in [4.78, 5) is 0.314. The van der Waals surface area contributed by atoms with Crippen LogP contribution in [0.2, 0.25) is 0 Å². The van der Waals surface area contributed by atoms with Crippen molar-refractivity contribution in [3.05, 3.63) is 23.3 Å². The summed E-state index contributed by atoms with van der Waals surface area (Å²) < 4.78 is 32.6. The molecule has 0 aliphatic heterocycles. The number of nitrogens with two attached hydrogens (primary N) is 1. The van der Waals surface area contributed by atoms with Crippen LogP contribution in [0.4, 0.5) is 5.69 Å². The van der Waals surface area contributed by atoms with E-state index in [0.29, 0.717) is 34.2 Å². The quantitative estimate of drug-likeness (QED) is 0.591. The summed E-state index contributed by atoms with van der Waals surface area (Å²) in [5, 5.41) is 0. The number of rotatable bonds is 7. The highest BCUT2D eigenvalue weighted by atomic mass is 32.2. The molecule has 0 aromatic heterocycles. The van der Waals surface area contributed by atoms with Gasteiger partial charge in [0.15, 0.2) is 0 Å². The molecule has 2 rings (SSSR count). The third kappa shape index (κ3) is 3.94. The van der Waals surface area contributed by atoms with Crippen molar-refractivity contribution in [1.82, 2.24) is 4.72 Å². The molecular weight excluding hydrogens is 276 g/mol. The third-order valence-corrected chi connectivity index (χ3v) is 5.11. The molecule has 1 saturated carbocycles. The molecule has 20 heavy (non-hydrogen) atoms. The maximum Gasteiger partial charge on any atom is 0.241 e. The largest absolute Gasteiger partial charge is 0.399 e. The molecule has 6 heteroatoms. The number of sulfonamides is 1. The highest BCUT2D eigenvalue weighted by Crippen LogP contribution is 2.28. The van der Waals surface area contributed by atoms with Crippen LogP contribution in [0.15, 0.2) is 17.0 Å². The summed E-state index contributed by atoms with van der Waals surface area (Å²) in [5.74, 6) is 0.688. The van der Waals surface area contributed by atoms with E-state index in [1.54, 1.807) is 26.0 Å². The normalized spacial score (nSPS) is 15.5. The second-order valence-electron chi connectivity index (χ2n) is 5.40. The molecule has 0 atom stereocenters. The van der Waals surface area contributed by atoms with Crippen molar-refractivity contribution < 1.29 is 13.2 Å². The molecule has 1 aromatic rings. The molecule has 3 N–H and O–H groups in total. The van der Waals surface area contributed by atoms with E-state index < -0.39 is 10.0 Å². The Balaban J connectivity index is 1.95. The predicted octanol–water partition coefficient (Wildman–Crippen LogP) is 1.59. The van der Waals surface area contributed by atoms with Crippen LogP contribution in [0, 0.1) is 19.8 Å². The van der Waals surface area contributed by atoms with E-state index in [1.165, 1.54) is 12.8 Å². The molecule has 1 aliphatic rings. The standard InChI is InChI=1S/C14H22N2O3S/c1-10-7-13(15)8-11(2)14(10)20(17,18)16-5-6-19-9-12-3-4-12/h7-8,12,16H,3-6,9,15H2,1-2H3. The van der Waals surface area contributed by atoms with E-state index in [9.17, 15) is 8.42 Å². The molecule has 0 bridgehead atoms. The van der Waals surface area contributed by atoms with Crippen molar-refractivity contribution in [2.45, 2.75) is 31.6 Å². The van der Waals surface area contributed by atoms with E-state index in [2.05, 4.69) is 4.72 Å². The average molecular weight is 298 g/mol. The summed E-state index contributed by atoms with van der Waals surface area (Å²) in [6.07, 6.45) is 2.46. The highest BCUT2D eigenvalue weighted by molar-refractivity contribution is 7.89. The van der Waals surface area contributed by atoms with Crippen LogP contribution in [0.5, 0.6) is 0 Å². The second kappa shape index (κ2) is 6.11. The average Bonchev–Trinajstić information content (AvgIpc) is 3.10. The molecule has 0 heterocycles. The number of aryl methyl sites for hydroxylation is 2. The Morgan fingerprint density at radius 1 is 1.30 bits per heavy atom. The van der Waals surface area contributed by atoms with Crippen molar-refractivity contribution in [2.24, 2.45) is 5.92 Å². The van der Waals surface area contributed by atoms with Gasteiger partial charge in [0.1, 0.15) is 0 Å². The molecule has 1 aromatic carbocycles. The first kappa shape index (κ1) is 15.3. The monoisotopic (exact) mass is 298 g/mol. The first-order valence-corrected chi connectivity index (χ1v) is 8.32. The Morgan fingerprint density at radius 2 is 1.90 bits per heavy atom. The summed E-state index contributed by atoms with van der Waals surface area (Å²) in [5.41, 5.74) is 7.61. The van der Waals surface area contributed by atoms with Gasteiger partial charge in [0, 0.05) is 18.8 Å². The van der Waals surface area contributed by atoms with E-state index in [1.807, 2.05) is 0 Å². The Bertz CT molecular complexity index is 557. The number of nitrogen functional groups attached to an aromatic ring is 1. The van der Waals surface area contributed by atoms with Crippen LogP contribution in [-0.4, -0.2) is 28.2 Å². The van der Waals surface area contributed by atoms with Gasteiger partial charge >= 0.3 is 0 Å². The zero-order valence-electron chi connectivity index (χ0n) is 12.0. The van der Waals surface area contributed by atoms with Crippen LogP contribution in [0.1, 0.15) is 24.0 Å². The maximum atomic E-state index is 12.3. The van der Waals surface area contributed by atoms with Crippen molar-refractivity contribution in [3.8, 4) is 0 Å². The van der Waals surface area contributed by atoms with Gasteiger partial charge in [-0.1, -0.05) is 0 Å². The van der Waals surface area contributed by atoms with Crippen LogP contribution in [-0.2, 0) is 14.8 Å². The topological polar surface area (TPSA) is 81.4 Å². The summed E-state index contributed by atoms with van der Waals surface area (Å²) in [7, 11) is -3.51. The molecule has 112 valence electrons. The number of nitrogens with one attached hydrogen (secondary N) is 1. The fourth-order valence-corrected chi connectivity index (χ4v) is 3.72. The van der Waals surface area contributed by atoms with Gasteiger partial charge in [-0.05, 0) is 55.9 Å². The fourth-order valence-electron chi connectivity index (χ4n) is 2.26. The van der Waals surface area contributed by atoms with Crippen LogP contribution in [0.3, 0.4) is 0 Å².